The number of carbonyl (C=O) groups excluding carboxylic acids is 1. The van der Waals surface area contributed by atoms with E-state index in [1.54, 1.807) is 4.57 Å². The summed E-state index contributed by atoms with van der Waals surface area (Å²) in [5.74, 6) is 1.93. The Morgan fingerprint density at radius 3 is 2.71 bits per heavy atom. The minimum atomic E-state index is -0.109. The predicted molar refractivity (Wildman–Crippen MR) is 82.2 cm³/mol. The number of nitrogens with zero attached hydrogens (tertiary/aromatic N) is 3. The van der Waals surface area contributed by atoms with E-state index < -0.39 is 0 Å². The summed E-state index contributed by atoms with van der Waals surface area (Å²) < 4.78 is 1.63. The van der Waals surface area contributed by atoms with Crippen LogP contribution in [0.5, 0.6) is 0 Å². The Bertz CT molecular complexity index is 591. The molecule has 2 aliphatic heterocycles. The van der Waals surface area contributed by atoms with E-state index in [-0.39, 0.29) is 17.4 Å². The van der Waals surface area contributed by atoms with Crippen LogP contribution in [0, 0.1) is 17.8 Å². The minimum Gasteiger partial charge on any atom is -0.342 e. The fourth-order valence-electron chi connectivity index (χ4n) is 3.40. The van der Waals surface area contributed by atoms with Gasteiger partial charge in [-0.05, 0) is 18.3 Å². The standard InChI is InChI=1S/C15H21N3O2S/c1-10-5-11(2)7-17(6-10)14(20)12-8-18-13(19)3-4-16-15(18)21-9-12/h3-4,10-12H,5-9H2,1-2H3. The molecule has 0 aromatic carbocycles. The van der Waals surface area contributed by atoms with Crippen LogP contribution >= 0.6 is 11.8 Å². The first kappa shape index (κ1) is 14.6. The summed E-state index contributed by atoms with van der Waals surface area (Å²) in [4.78, 5) is 30.8. The molecule has 114 valence electrons. The van der Waals surface area contributed by atoms with Gasteiger partial charge in [0.1, 0.15) is 0 Å². The van der Waals surface area contributed by atoms with E-state index in [9.17, 15) is 9.59 Å². The molecule has 3 atom stereocenters. The molecule has 6 heteroatoms. The normalized spacial score (nSPS) is 29.0. The first-order valence-corrected chi connectivity index (χ1v) is 8.50. The van der Waals surface area contributed by atoms with Gasteiger partial charge in [0, 0.05) is 37.7 Å². The molecular weight excluding hydrogens is 286 g/mol. The van der Waals surface area contributed by atoms with Crippen molar-refractivity contribution in [3.05, 3.63) is 22.6 Å². The molecule has 0 spiro atoms. The molecule has 0 bridgehead atoms. The van der Waals surface area contributed by atoms with Crippen LogP contribution in [0.15, 0.2) is 22.2 Å². The monoisotopic (exact) mass is 307 g/mol. The van der Waals surface area contributed by atoms with Gasteiger partial charge in [-0.15, -0.1) is 0 Å². The molecule has 5 nitrogen and oxygen atoms in total. The van der Waals surface area contributed by atoms with Crippen LogP contribution in [0.4, 0.5) is 0 Å². The van der Waals surface area contributed by atoms with Crippen molar-refractivity contribution < 1.29 is 4.79 Å². The second-order valence-electron chi connectivity index (χ2n) is 6.37. The Balaban J connectivity index is 1.75. The van der Waals surface area contributed by atoms with Crippen molar-refractivity contribution in [3.63, 3.8) is 0 Å². The van der Waals surface area contributed by atoms with Crippen LogP contribution in [0.2, 0.25) is 0 Å². The molecule has 1 fully saturated rings. The highest BCUT2D eigenvalue weighted by Gasteiger charge is 2.33. The third-order valence-electron chi connectivity index (χ3n) is 4.25. The maximum atomic E-state index is 12.7. The number of rotatable bonds is 1. The van der Waals surface area contributed by atoms with E-state index in [1.165, 1.54) is 30.4 Å². The molecule has 1 aromatic rings. The molecule has 3 rings (SSSR count). The number of fused-ring (bicyclic) bond motifs is 1. The van der Waals surface area contributed by atoms with Gasteiger partial charge in [0.05, 0.1) is 5.92 Å². The lowest BCUT2D eigenvalue weighted by Crippen LogP contribution is -2.48. The smallest absolute Gasteiger partial charge is 0.254 e. The topological polar surface area (TPSA) is 55.2 Å². The number of thioether (sulfide) groups is 1. The molecule has 21 heavy (non-hydrogen) atoms. The lowest BCUT2D eigenvalue weighted by atomic mass is 9.91. The molecule has 3 unspecified atom stereocenters. The first-order valence-electron chi connectivity index (χ1n) is 7.52. The number of carbonyl (C=O) groups is 1. The van der Waals surface area contributed by atoms with Crippen molar-refractivity contribution in [3.8, 4) is 0 Å². The van der Waals surface area contributed by atoms with Gasteiger partial charge in [-0.25, -0.2) is 4.98 Å². The van der Waals surface area contributed by atoms with Gasteiger partial charge >= 0.3 is 0 Å². The van der Waals surface area contributed by atoms with Crippen LogP contribution in [0.25, 0.3) is 0 Å². The molecule has 1 aromatic heterocycles. The average molecular weight is 307 g/mol. The summed E-state index contributed by atoms with van der Waals surface area (Å²) in [7, 11) is 0. The summed E-state index contributed by atoms with van der Waals surface area (Å²) in [6.07, 6.45) is 2.73. The Kier molecular flexibility index (Phi) is 4.06. The fraction of sp³-hybridized carbons (Fsp3) is 0.667. The van der Waals surface area contributed by atoms with E-state index in [1.807, 2.05) is 4.90 Å². The highest BCUT2D eigenvalue weighted by atomic mass is 32.2. The van der Waals surface area contributed by atoms with Crippen molar-refractivity contribution >= 4 is 17.7 Å². The zero-order valence-corrected chi connectivity index (χ0v) is 13.3. The van der Waals surface area contributed by atoms with Crippen molar-refractivity contribution in [2.45, 2.75) is 32.0 Å². The maximum Gasteiger partial charge on any atom is 0.254 e. The van der Waals surface area contributed by atoms with E-state index in [0.29, 0.717) is 24.1 Å². The predicted octanol–water partition coefficient (Wildman–Crippen LogP) is 1.47. The van der Waals surface area contributed by atoms with Gasteiger partial charge in [0.2, 0.25) is 5.91 Å². The number of piperidine rings is 1. The third-order valence-corrected chi connectivity index (χ3v) is 5.40. The van der Waals surface area contributed by atoms with E-state index in [0.717, 1.165) is 18.2 Å². The Labute approximate surface area is 128 Å². The molecule has 2 aliphatic rings. The number of likely N-dealkylation sites (tertiary alicyclic amines) is 1. The minimum absolute atomic E-state index is 0.0645. The lowest BCUT2D eigenvalue weighted by Gasteiger charge is -2.37. The van der Waals surface area contributed by atoms with Gasteiger partial charge in [0.15, 0.2) is 5.16 Å². The molecule has 1 amide bonds. The maximum absolute atomic E-state index is 12.7. The zero-order valence-electron chi connectivity index (χ0n) is 12.5. The van der Waals surface area contributed by atoms with Crippen molar-refractivity contribution in [1.29, 1.82) is 0 Å². The molecule has 0 saturated carbocycles. The highest BCUT2D eigenvalue weighted by Crippen LogP contribution is 2.28. The largest absolute Gasteiger partial charge is 0.342 e. The second-order valence-corrected chi connectivity index (χ2v) is 7.36. The Morgan fingerprint density at radius 1 is 1.29 bits per heavy atom. The van der Waals surface area contributed by atoms with Crippen LogP contribution in [0.1, 0.15) is 20.3 Å². The molecule has 0 N–H and O–H groups in total. The summed E-state index contributed by atoms with van der Waals surface area (Å²) in [6.45, 7) is 6.57. The molecular formula is C15H21N3O2S. The number of hydrogen-bond acceptors (Lipinski definition) is 4. The second kappa shape index (κ2) is 5.83. The number of aromatic nitrogens is 2. The quantitative estimate of drug-likeness (QED) is 0.737. The zero-order chi connectivity index (χ0) is 15.0. The van der Waals surface area contributed by atoms with Crippen molar-refractivity contribution in [2.24, 2.45) is 17.8 Å². The van der Waals surface area contributed by atoms with Crippen LogP contribution < -0.4 is 5.56 Å². The summed E-state index contributed by atoms with van der Waals surface area (Å²) in [5, 5.41) is 0.729. The van der Waals surface area contributed by atoms with Crippen LogP contribution in [-0.2, 0) is 11.3 Å². The van der Waals surface area contributed by atoms with E-state index in [2.05, 4.69) is 18.8 Å². The number of amides is 1. The molecule has 1 saturated heterocycles. The Morgan fingerprint density at radius 2 is 2.00 bits per heavy atom. The van der Waals surface area contributed by atoms with E-state index in [4.69, 9.17) is 0 Å². The van der Waals surface area contributed by atoms with Gasteiger partial charge in [0.25, 0.3) is 5.56 Å². The van der Waals surface area contributed by atoms with Gasteiger partial charge in [-0.3, -0.25) is 14.2 Å². The SMILES string of the molecule is CC1CC(C)CN(C(=O)C2CSc3nccc(=O)n3C2)C1. The van der Waals surface area contributed by atoms with Gasteiger partial charge < -0.3 is 4.90 Å². The lowest BCUT2D eigenvalue weighted by molar-refractivity contribution is -0.138. The van der Waals surface area contributed by atoms with E-state index >= 15 is 0 Å². The molecule has 3 heterocycles. The molecule has 0 aliphatic carbocycles. The summed E-state index contributed by atoms with van der Waals surface area (Å²) in [6, 6.07) is 1.46. The van der Waals surface area contributed by atoms with Crippen molar-refractivity contribution in [2.75, 3.05) is 18.8 Å². The van der Waals surface area contributed by atoms with Gasteiger partial charge in [-0.1, -0.05) is 25.6 Å². The fourth-order valence-corrected chi connectivity index (χ4v) is 4.45. The third kappa shape index (κ3) is 3.00. The average Bonchev–Trinajstić information content (AvgIpc) is 2.45. The van der Waals surface area contributed by atoms with Crippen LogP contribution in [0.3, 0.4) is 0 Å². The highest BCUT2D eigenvalue weighted by molar-refractivity contribution is 7.99. The Hall–Kier alpha value is -1.30. The summed E-state index contributed by atoms with van der Waals surface area (Å²) >= 11 is 1.51. The van der Waals surface area contributed by atoms with Crippen LogP contribution in [-0.4, -0.2) is 39.2 Å². The molecule has 0 radical (unpaired) electrons. The number of hydrogen-bond donors (Lipinski definition) is 0. The van der Waals surface area contributed by atoms with Crippen molar-refractivity contribution in [1.82, 2.24) is 14.5 Å². The summed E-state index contributed by atoms with van der Waals surface area (Å²) in [5.41, 5.74) is -0.0645. The first-order chi connectivity index (χ1) is 10.0. The van der Waals surface area contributed by atoms with Gasteiger partial charge in [-0.2, -0.15) is 0 Å².